The molecule has 0 spiro atoms. The average Bonchev–Trinajstić information content (AvgIpc) is 3.06. The van der Waals surface area contributed by atoms with Gasteiger partial charge in [0.2, 0.25) is 10.0 Å². The van der Waals surface area contributed by atoms with Crippen LogP contribution in [0, 0.1) is 0 Å². The molecule has 0 radical (unpaired) electrons. The van der Waals surface area contributed by atoms with E-state index in [1.165, 1.54) is 11.3 Å². The minimum absolute atomic E-state index is 0.214. The van der Waals surface area contributed by atoms with Crippen molar-refractivity contribution in [2.24, 2.45) is 0 Å². The molecule has 0 aliphatic carbocycles. The molecule has 2 heterocycles. The molecule has 7 heteroatoms. The fourth-order valence-electron chi connectivity index (χ4n) is 2.55. The van der Waals surface area contributed by atoms with Crippen molar-refractivity contribution in [2.45, 2.75) is 23.8 Å². The first kappa shape index (κ1) is 13.5. The maximum atomic E-state index is 12.7. The predicted molar refractivity (Wildman–Crippen MR) is 76.4 cm³/mol. The van der Waals surface area contributed by atoms with Crippen molar-refractivity contribution < 1.29 is 18.3 Å². The normalized spacial score (nSPS) is 20.5. The lowest BCUT2D eigenvalue weighted by molar-refractivity contribution is -0.140. The van der Waals surface area contributed by atoms with Crippen LogP contribution >= 0.6 is 11.3 Å². The van der Waals surface area contributed by atoms with Crippen LogP contribution in [0.1, 0.15) is 12.8 Å². The molecule has 0 saturated carbocycles. The van der Waals surface area contributed by atoms with Crippen molar-refractivity contribution in [1.29, 1.82) is 0 Å². The Hall–Kier alpha value is -1.44. The van der Waals surface area contributed by atoms with Crippen LogP contribution in [0.4, 0.5) is 0 Å². The van der Waals surface area contributed by atoms with Gasteiger partial charge in [-0.1, -0.05) is 18.2 Å². The van der Waals surface area contributed by atoms with E-state index in [0.29, 0.717) is 18.2 Å². The number of thiophene rings is 1. The third kappa shape index (κ3) is 2.02. The molecule has 1 atom stereocenters. The van der Waals surface area contributed by atoms with Crippen molar-refractivity contribution in [3.63, 3.8) is 0 Å². The van der Waals surface area contributed by atoms with Gasteiger partial charge in [-0.3, -0.25) is 4.79 Å². The number of hydrogen-bond donors (Lipinski definition) is 1. The van der Waals surface area contributed by atoms with Crippen LogP contribution < -0.4 is 0 Å². The number of carboxylic acid groups (broad SMARTS) is 1. The van der Waals surface area contributed by atoms with Gasteiger partial charge in [-0.05, 0) is 18.9 Å². The largest absolute Gasteiger partial charge is 0.480 e. The van der Waals surface area contributed by atoms with Crippen LogP contribution in [0.2, 0.25) is 0 Å². The lowest BCUT2D eigenvalue weighted by Gasteiger charge is -2.20. The number of nitrogens with zero attached hydrogens (tertiary/aromatic N) is 1. The van der Waals surface area contributed by atoms with Gasteiger partial charge in [0.15, 0.2) is 0 Å². The molecule has 1 aromatic carbocycles. The summed E-state index contributed by atoms with van der Waals surface area (Å²) >= 11 is 1.36. The zero-order valence-electron chi connectivity index (χ0n) is 10.5. The highest BCUT2D eigenvalue weighted by Gasteiger charge is 2.40. The van der Waals surface area contributed by atoms with E-state index in [2.05, 4.69) is 0 Å². The Kier molecular flexibility index (Phi) is 3.27. The van der Waals surface area contributed by atoms with E-state index in [-0.39, 0.29) is 11.4 Å². The third-order valence-electron chi connectivity index (χ3n) is 3.52. The fraction of sp³-hybridized carbons (Fsp3) is 0.308. The second-order valence-corrected chi connectivity index (χ2v) is 7.48. The minimum Gasteiger partial charge on any atom is -0.480 e. The second-order valence-electron chi connectivity index (χ2n) is 4.71. The van der Waals surface area contributed by atoms with E-state index >= 15 is 0 Å². The first-order valence-electron chi connectivity index (χ1n) is 6.22. The van der Waals surface area contributed by atoms with Crippen LogP contribution in [-0.2, 0) is 14.8 Å². The number of hydrogen-bond acceptors (Lipinski definition) is 4. The summed E-state index contributed by atoms with van der Waals surface area (Å²) in [5.74, 6) is -1.08. The molecule has 1 aliphatic heterocycles. The molecule has 106 valence electrons. The Labute approximate surface area is 120 Å². The van der Waals surface area contributed by atoms with Gasteiger partial charge < -0.3 is 5.11 Å². The highest BCUT2D eigenvalue weighted by Crippen LogP contribution is 2.34. The number of carboxylic acids is 1. The zero-order chi connectivity index (χ0) is 14.3. The molecular formula is C13H13NO4S2. The molecule has 1 aromatic heterocycles. The summed E-state index contributed by atoms with van der Waals surface area (Å²) in [6.45, 7) is 0.267. The molecule has 0 unspecified atom stereocenters. The van der Waals surface area contributed by atoms with E-state index in [0.717, 1.165) is 9.01 Å². The van der Waals surface area contributed by atoms with Gasteiger partial charge in [0.05, 0.1) is 0 Å². The SMILES string of the molecule is O=C(O)[C@H]1CCCN1S(=O)(=O)c1csc2ccccc12. The van der Waals surface area contributed by atoms with Crippen LogP contribution in [0.15, 0.2) is 34.5 Å². The fourth-order valence-corrected chi connectivity index (χ4v) is 5.68. The molecule has 2 aromatic rings. The van der Waals surface area contributed by atoms with Gasteiger partial charge in [0.1, 0.15) is 10.9 Å². The molecule has 1 aliphatic rings. The van der Waals surface area contributed by atoms with E-state index in [1.807, 2.05) is 12.1 Å². The molecular weight excluding hydrogens is 298 g/mol. The maximum Gasteiger partial charge on any atom is 0.322 e. The van der Waals surface area contributed by atoms with Gasteiger partial charge in [0, 0.05) is 22.0 Å². The van der Waals surface area contributed by atoms with Crippen LogP contribution in [-0.4, -0.2) is 36.4 Å². The standard InChI is InChI=1S/C13H13NO4S2/c15-13(16)10-5-3-7-14(10)20(17,18)12-8-19-11-6-2-1-4-9(11)12/h1-2,4,6,8,10H,3,5,7H2,(H,15,16)/t10-/m1/s1. The maximum absolute atomic E-state index is 12.7. The molecule has 0 amide bonds. The topological polar surface area (TPSA) is 74.7 Å². The number of rotatable bonds is 3. The third-order valence-corrected chi connectivity index (χ3v) is 6.58. The monoisotopic (exact) mass is 311 g/mol. The summed E-state index contributed by atoms with van der Waals surface area (Å²) in [4.78, 5) is 11.4. The molecule has 20 heavy (non-hydrogen) atoms. The number of aliphatic carboxylic acids is 1. The van der Waals surface area contributed by atoms with Crippen LogP contribution in [0.5, 0.6) is 0 Å². The Morgan fingerprint density at radius 3 is 2.85 bits per heavy atom. The van der Waals surface area contributed by atoms with Crippen LogP contribution in [0.3, 0.4) is 0 Å². The first-order valence-corrected chi connectivity index (χ1v) is 8.54. The summed E-state index contributed by atoms with van der Waals surface area (Å²) in [5.41, 5.74) is 0. The summed E-state index contributed by atoms with van der Waals surface area (Å²) in [6.07, 6.45) is 0.953. The Morgan fingerprint density at radius 1 is 1.35 bits per heavy atom. The molecule has 1 fully saturated rings. The summed E-state index contributed by atoms with van der Waals surface area (Å²) < 4.78 is 27.4. The zero-order valence-corrected chi connectivity index (χ0v) is 12.2. The van der Waals surface area contributed by atoms with Gasteiger partial charge >= 0.3 is 5.97 Å². The van der Waals surface area contributed by atoms with Gasteiger partial charge in [-0.15, -0.1) is 11.3 Å². The highest BCUT2D eigenvalue weighted by atomic mass is 32.2. The second kappa shape index (κ2) is 4.83. The quantitative estimate of drug-likeness (QED) is 0.942. The van der Waals surface area contributed by atoms with Crippen molar-refractivity contribution in [2.75, 3.05) is 6.54 Å². The Bertz CT molecular complexity index is 766. The lowest BCUT2D eigenvalue weighted by atomic mass is 10.2. The number of sulfonamides is 1. The van der Waals surface area contributed by atoms with Crippen molar-refractivity contribution in [1.82, 2.24) is 4.31 Å². The van der Waals surface area contributed by atoms with E-state index in [1.54, 1.807) is 17.5 Å². The van der Waals surface area contributed by atoms with Crippen molar-refractivity contribution in [3.8, 4) is 0 Å². The summed E-state index contributed by atoms with van der Waals surface area (Å²) in [7, 11) is -3.75. The molecule has 0 bridgehead atoms. The van der Waals surface area contributed by atoms with Gasteiger partial charge in [-0.25, -0.2) is 8.42 Å². The van der Waals surface area contributed by atoms with Gasteiger partial charge in [0.25, 0.3) is 0 Å². The Morgan fingerprint density at radius 2 is 2.10 bits per heavy atom. The Balaban J connectivity index is 2.10. The highest BCUT2D eigenvalue weighted by molar-refractivity contribution is 7.89. The smallest absolute Gasteiger partial charge is 0.322 e. The predicted octanol–water partition coefficient (Wildman–Crippen LogP) is 2.14. The molecule has 3 rings (SSSR count). The summed E-state index contributed by atoms with van der Waals surface area (Å²) in [5, 5.41) is 11.4. The molecule has 1 N–H and O–H groups in total. The molecule has 1 saturated heterocycles. The van der Waals surface area contributed by atoms with E-state index in [9.17, 15) is 13.2 Å². The van der Waals surface area contributed by atoms with E-state index in [4.69, 9.17) is 5.11 Å². The van der Waals surface area contributed by atoms with Gasteiger partial charge in [-0.2, -0.15) is 4.31 Å². The number of fused-ring (bicyclic) bond motifs is 1. The number of carbonyl (C=O) groups is 1. The lowest BCUT2D eigenvalue weighted by Crippen LogP contribution is -2.40. The first-order chi connectivity index (χ1) is 9.51. The van der Waals surface area contributed by atoms with E-state index < -0.39 is 22.0 Å². The average molecular weight is 311 g/mol. The summed E-state index contributed by atoms with van der Waals surface area (Å²) in [6, 6.07) is 6.30. The van der Waals surface area contributed by atoms with Crippen molar-refractivity contribution >= 4 is 37.4 Å². The van der Waals surface area contributed by atoms with Crippen molar-refractivity contribution in [3.05, 3.63) is 29.6 Å². The van der Waals surface area contributed by atoms with Crippen LogP contribution in [0.25, 0.3) is 10.1 Å². The number of benzene rings is 1. The molecule has 5 nitrogen and oxygen atoms in total. The minimum atomic E-state index is -3.75.